The van der Waals surface area contributed by atoms with Crippen molar-refractivity contribution in [3.05, 3.63) is 23.3 Å². The van der Waals surface area contributed by atoms with Crippen molar-refractivity contribution in [3.8, 4) is 0 Å². The van der Waals surface area contributed by atoms with E-state index in [1.165, 1.54) is 38.2 Å². The average molecular weight is 457 g/mol. The first-order valence-electron chi connectivity index (χ1n) is 13.7. The zero-order valence-electron chi connectivity index (χ0n) is 22.2. The summed E-state index contributed by atoms with van der Waals surface area (Å²) in [6, 6.07) is 0. The minimum atomic E-state index is -0.813. The fourth-order valence-corrected chi connectivity index (χ4v) is 8.18. The van der Waals surface area contributed by atoms with Gasteiger partial charge in [-0.3, -0.25) is 4.79 Å². The molecule has 0 heterocycles. The second-order valence-electron chi connectivity index (χ2n) is 13.0. The van der Waals surface area contributed by atoms with Crippen LogP contribution in [0.1, 0.15) is 106 Å². The molecule has 1 N–H and O–H groups in total. The Bertz CT molecular complexity index is 824. The van der Waals surface area contributed by atoms with Crippen LogP contribution in [-0.4, -0.2) is 22.8 Å². The molecule has 0 radical (unpaired) electrons. The van der Waals surface area contributed by atoms with Gasteiger partial charge in [0.2, 0.25) is 0 Å². The van der Waals surface area contributed by atoms with Crippen molar-refractivity contribution in [2.75, 3.05) is 0 Å². The third kappa shape index (κ3) is 4.15. The topological polar surface area (TPSA) is 46.5 Å². The van der Waals surface area contributed by atoms with Gasteiger partial charge in [0.05, 0.1) is 5.60 Å². The van der Waals surface area contributed by atoms with Crippen LogP contribution in [0.15, 0.2) is 23.3 Å². The molecule has 4 rings (SSSR count). The van der Waals surface area contributed by atoms with Crippen molar-refractivity contribution in [1.29, 1.82) is 0 Å². The highest BCUT2D eigenvalue weighted by atomic mass is 16.5. The second-order valence-corrected chi connectivity index (χ2v) is 13.0. The van der Waals surface area contributed by atoms with Crippen molar-refractivity contribution in [2.45, 2.75) is 118 Å². The molecule has 0 unspecified atom stereocenters. The van der Waals surface area contributed by atoms with Gasteiger partial charge >= 0.3 is 5.97 Å². The van der Waals surface area contributed by atoms with Gasteiger partial charge in [0.1, 0.15) is 6.10 Å². The van der Waals surface area contributed by atoms with Crippen LogP contribution in [0.2, 0.25) is 0 Å². The second kappa shape index (κ2) is 8.85. The maximum Gasteiger partial charge on any atom is 0.302 e. The lowest BCUT2D eigenvalue weighted by atomic mass is 9.50. The summed E-state index contributed by atoms with van der Waals surface area (Å²) in [5, 5.41) is 11.8. The zero-order valence-corrected chi connectivity index (χ0v) is 22.2. The lowest BCUT2D eigenvalue weighted by molar-refractivity contribution is -0.163. The smallest absolute Gasteiger partial charge is 0.302 e. The fourth-order valence-electron chi connectivity index (χ4n) is 8.18. The van der Waals surface area contributed by atoms with Gasteiger partial charge in [-0.05, 0) is 84.7 Å². The molecule has 3 nitrogen and oxygen atoms in total. The van der Waals surface area contributed by atoms with Crippen LogP contribution in [0.4, 0.5) is 0 Å². The van der Waals surface area contributed by atoms with Gasteiger partial charge in [0.15, 0.2) is 0 Å². The van der Waals surface area contributed by atoms with E-state index in [9.17, 15) is 9.90 Å². The normalized spacial score (nSPS) is 41.9. The number of carbonyl (C=O) groups is 1. The largest absolute Gasteiger partial charge is 0.462 e. The average Bonchev–Trinajstić information content (AvgIpc) is 3.09. The minimum Gasteiger partial charge on any atom is -0.462 e. The third-order valence-corrected chi connectivity index (χ3v) is 10.9. The fraction of sp³-hybridized carbons (Fsp3) is 0.833. The molecule has 3 heteroatoms. The summed E-state index contributed by atoms with van der Waals surface area (Å²) >= 11 is 0. The monoisotopic (exact) mass is 456 g/mol. The SMILES string of the molecule is CC(=O)O[C@@H]1CC[C@]2(C)C3=CC[C@]4(C)[C@@H](CC[C@H]4[C@H](C)CC[C@H](C)C(C)C)C3=CC[C@@]2(O)C1. The molecule has 0 spiro atoms. The first-order valence-corrected chi connectivity index (χ1v) is 13.7. The highest BCUT2D eigenvalue weighted by molar-refractivity contribution is 5.66. The van der Waals surface area contributed by atoms with E-state index in [1.54, 1.807) is 5.57 Å². The summed E-state index contributed by atoms with van der Waals surface area (Å²) in [4.78, 5) is 11.5. The Balaban J connectivity index is 1.54. The molecule has 0 aromatic rings. The summed E-state index contributed by atoms with van der Waals surface area (Å²) in [6.45, 7) is 15.9. The summed E-state index contributed by atoms with van der Waals surface area (Å²) < 4.78 is 5.53. The van der Waals surface area contributed by atoms with Crippen molar-refractivity contribution in [2.24, 2.45) is 40.4 Å². The molecule has 4 aliphatic rings. The number of allylic oxidation sites excluding steroid dienone is 2. The standard InChI is InChI=1S/C30H48O3/c1-19(2)20(3)8-9-21(4)25-10-11-26-24-13-17-30(32)18-23(33-22(5)31)12-16-29(30,7)27(24)14-15-28(25,26)6/h13-14,19-21,23,25-26,32H,8-12,15-18H2,1-7H3/t20-,21+,23+,25-,26-,28-,29+,30+/m0/s1. The van der Waals surface area contributed by atoms with Crippen LogP contribution in [0, 0.1) is 40.4 Å². The van der Waals surface area contributed by atoms with E-state index < -0.39 is 5.60 Å². The molecular formula is C30H48O3. The summed E-state index contributed by atoms with van der Waals surface area (Å²) in [5.41, 5.74) is 2.27. The Labute approximate surface area is 202 Å². The van der Waals surface area contributed by atoms with Crippen LogP contribution in [0.3, 0.4) is 0 Å². The predicted molar refractivity (Wildman–Crippen MR) is 135 cm³/mol. The Morgan fingerprint density at radius 3 is 2.48 bits per heavy atom. The number of hydrogen-bond acceptors (Lipinski definition) is 3. The summed E-state index contributed by atoms with van der Waals surface area (Å²) in [5.74, 6) is 3.52. The van der Waals surface area contributed by atoms with Crippen molar-refractivity contribution < 1.29 is 14.6 Å². The molecule has 4 aliphatic carbocycles. The molecule has 0 aromatic heterocycles. The number of carbonyl (C=O) groups excluding carboxylic acids is 1. The van der Waals surface area contributed by atoms with E-state index in [-0.39, 0.29) is 17.5 Å². The first-order chi connectivity index (χ1) is 15.4. The number of hydrogen-bond donors (Lipinski definition) is 1. The maximum absolute atomic E-state index is 11.8. The Morgan fingerprint density at radius 1 is 1.09 bits per heavy atom. The molecule has 8 atom stereocenters. The number of rotatable bonds is 6. The molecule has 0 saturated heterocycles. The molecule has 2 saturated carbocycles. The molecule has 0 amide bonds. The molecule has 0 bridgehead atoms. The number of fused-ring (bicyclic) bond motifs is 5. The van der Waals surface area contributed by atoms with Gasteiger partial charge in [0, 0.05) is 18.8 Å². The summed E-state index contributed by atoms with van der Waals surface area (Å²) in [6.07, 6.45) is 14.2. The van der Waals surface area contributed by atoms with Crippen molar-refractivity contribution in [1.82, 2.24) is 0 Å². The number of ether oxygens (including phenoxy) is 1. The number of aliphatic hydroxyl groups is 1. The third-order valence-electron chi connectivity index (χ3n) is 10.9. The molecule has 2 fully saturated rings. The van der Waals surface area contributed by atoms with Crippen LogP contribution in [-0.2, 0) is 9.53 Å². The Morgan fingerprint density at radius 2 is 1.82 bits per heavy atom. The molecule has 33 heavy (non-hydrogen) atoms. The van der Waals surface area contributed by atoms with Crippen LogP contribution in [0.25, 0.3) is 0 Å². The molecule has 0 aliphatic heterocycles. The Hall–Kier alpha value is -1.09. The zero-order chi connectivity index (χ0) is 24.2. The number of esters is 1. The van der Waals surface area contributed by atoms with Gasteiger partial charge < -0.3 is 9.84 Å². The first kappa shape index (κ1) is 25.0. The van der Waals surface area contributed by atoms with Crippen molar-refractivity contribution >= 4 is 5.97 Å². The quantitative estimate of drug-likeness (QED) is 0.428. The minimum absolute atomic E-state index is 0.157. The van der Waals surface area contributed by atoms with Gasteiger partial charge in [-0.2, -0.15) is 0 Å². The van der Waals surface area contributed by atoms with Gasteiger partial charge in [-0.15, -0.1) is 0 Å². The lowest BCUT2D eigenvalue weighted by Crippen LogP contribution is -2.56. The van der Waals surface area contributed by atoms with Gasteiger partial charge in [-0.1, -0.05) is 66.5 Å². The highest BCUT2D eigenvalue weighted by Gasteiger charge is 2.60. The Kier molecular flexibility index (Phi) is 6.71. The molecular weight excluding hydrogens is 408 g/mol. The van der Waals surface area contributed by atoms with Crippen LogP contribution >= 0.6 is 0 Å². The predicted octanol–water partition coefficient (Wildman–Crippen LogP) is 7.24. The maximum atomic E-state index is 11.8. The van der Waals surface area contributed by atoms with Crippen LogP contribution < -0.4 is 0 Å². The summed E-state index contributed by atoms with van der Waals surface area (Å²) in [7, 11) is 0. The lowest BCUT2D eigenvalue weighted by Gasteiger charge is -2.57. The van der Waals surface area contributed by atoms with E-state index in [1.807, 2.05) is 0 Å². The van der Waals surface area contributed by atoms with E-state index >= 15 is 0 Å². The van der Waals surface area contributed by atoms with Crippen LogP contribution in [0.5, 0.6) is 0 Å². The van der Waals surface area contributed by atoms with E-state index in [2.05, 4.69) is 53.7 Å². The van der Waals surface area contributed by atoms with Crippen molar-refractivity contribution in [3.63, 3.8) is 0 Å². The van der Waals surface area contributed by atoms with E-state index in [0.717, 1.165) is 42.9 Å². The van der Waals surface area contributed by atoms with E-state index in [0.29, 0.717) is 24.2 Å². The highest BCUT2D eigenvalue weighted by Crippen LogP contribution is 2.65. The molecule has 0 aromatic carbocycles. The van der Waals surface area contributed by atoms with Gasteiger partial charge in [-0.25, -0.2) is 0 Å². The van der Waals surface area contributed by atoms with E-state index in [4.69, 9.17) is 4.74 Å². The molecule has 186 valence electrons. The van der Waals surface area contributed by atoms with Gasteiger partial charge in [0.25, 0.3) is 0 Å².